The lowest BCUT2D eigenvalue weighted by molar-refractivity contribution is -0.148. The second-order valence-corrected chi connectivity index (χ2v) is 6.20. The van der Waals surface area contributed by atoms with E-state index in [4.69, 9.17) is 13.9 Å². The fourth-order valence-electron chi connectivity index (χ4n) is 2.58. The Morgan fingerprint density at radius 2 is 1.87 bits per heavy atom. The standard InChI is InChI=1S/C21H20FN3O5/c1-3-28-17-7-5-4-6-16(17)19(27)23-12-18(26)29-13(2)20-24-25-21(30-20)14-8-10-15(22)11-9-14/h4-11,13H,3,12H2,1-2H3,(H,23,27)/t13-/m0/s1. The number of ether oxygens (including phenoxy) is 2. The molecule has 0 saturated heterocycles. The van der Waals surface area contributed by atoms with Crippen LogP contribution in [-0.2, 0) is 9.53 Å². The van der Waals surface area contributed by atoms with Gasteiger partial charge in [0.1, 0.15) is 18.1 Å². The van der Waals surface area contributed by atoms with Crippen molar-refractivity contribution in [2.24, 2.45) is 0 Å². The summed E-state index contributed by atoms with van der Waals surface area (Å²) >= 11 is 0. The molecule has 156 valence electrons. The zero-order valence-electron chi connectivity index (χ0n) is 16.4. The van der Waals surface area contributed by atoms with Crippen molar-refractivity contribution < 1.29 is 27.9 Å². The quantitative estimate of drug-likeness (QED) is 0.565. The molecule has 0 bridgehead atoms. The predicted octanol–water partition coefficient (Wildman–Crippen LogP) is 3.31. The van der Waals surface area contributed by atoms with Gasteiger partial charge in [-0.3, -0.25) is 9.59 Å². The van der Waals surface area contributed by atoms with Crippen molar-refractivity contribution >= 4 is 11.9 Å². The number of carbonyl (C=O) groups is 2. The number of nitrogens with zero attached hydrogens (tertiary/aromatic N) is 2. The van der Waals surface area contributed by atoms with Gasteiger partial charge in [-0.15, -0.1) is 10.2 Å². The molecule has 0 aliphatic rings. The molecule has 9 heteroatoms. The lowest BCUT2D eigenvalue weighted by Gasteiger charge is -2.12. The number of rotatable bonds is 8. The number of halogens is 1. The van der Waals surface area contributed by atoms with Gasteiger partial charge in [0.15, 0.2) is 6.10 Å². The summed E-state index contributed by atoms with van der Waals surface area (Å²) in [6.45, 7) is 3.44. The fourth-order valence-corrected chi connectivity index (χ4v) is 2.58. The molecule has 8 nitrogen and oxygen atoms in total. The third-order valence-electron chi connectivity index (χ3n) is 4.01. The van der Waals surface area contributed by atoms with E-state index in [1.54, 1.807) is 31.2 Å². The molecule has 2 aromatic carbocycles. The van der Waals surface area contributed by atoms with E-state index < -0.39 is 18.0 Å². The van der Waals surface area contributed by atoms with Crippen LogP contribution in [0.15, 0.2) is 52.9 Å². The molecule has 1 N–H and O–H groups in total. The molecule has 0 saturated carbocycles. The van der Waals surface area contributed by atoms with Gasteiger partial charge in [-0.2, -0.15) is 0 Å². The number of carbonyl (C=O) groups excluding carboxylic acids is 2. The summed E-state index contributed by atoms with van der Waals surface area (Å²) < 4.78 is 29.1. The molecule has 1 heterocycles. The maximum Gasteiger partial charge on any atom is 0.326 e. The van der Waals surface area contributed by atoms with Crippen LogP contribution in [0.25, 0.3) is 11.5 Å². The first-order valence-corrected chi connectivity index (χ1v) is 9.26. The highest BCUT2D eigenvalue weighted by Crippen LogP contribution is 2.22. The Labute approximate surface area is 172 Å². The molecule has 1 atom stereocenters. The van der Waals surface area contributed by atoms with Gasteiger partial charge >= 0.3 is 5.97 Å². The zero-order valence-corrected chi connectivity index (χ0v) is 16.4. The maximum atomic E-state index is 13.0. The minimum absolute atomic E-state index is 0.0793. The molecule has 0 radical (unpaired) electrons. The molecule has 1 amide bonds. The van der Waals surface area contributed by atoms with Crippen LogP contribution < -0.4 is 10.1 Å². The highest BCUT2D eigenvalue weighted by atomic mass is 19.1. The summed E-state index contributed by atoms with van der Waals surface area (Å²) in [5.41, 5.74) is 0.856. The maximum absolute atomic E-state index is 13.0. The second-order valence-electron chi connectivity index (χ2n) is 6.20. The van der Waals surface area contributed by atoms with Gasteiger partial charge in [-0.05, 0) is 50.2 Å². The molecule has 0 aliphatic carbocycles. The van der Waals surface area contributed by atoms with Crippen LogP contribution >= 0.6 is 0 Å². The van der Waals surface area contributed by atoms with Crippen molar-refractivity contribution in [1.29, 1.82) is 0 Å². The molecule has 0 spiro atoms. The number of hydrogen-bond donors (Lipinski definition) is 1. The molecule has 3 aromatic rings. The van der Waals surface area contributed by atoms with E-state index in [1.165, 1.54) is 24.3 Å². The third-order valence-corrected chi connectivity index (χ3v) is 4.01. The first kappa shape index (κ1) is 21.0. The van der Waals surface area contributed by atoms with Gasteiger partial charge in [0.2, 0.25) is 5.89 Å². The summed E-state index contributed by atoms with van der Waals surface area (Å²) in [5.74, 6) is -0.833. The molecule has 0 unspecified atom stereocenters. The van der Waals surface area contributed by atoms with Gasteiger partial charge in [0, 0.05) is 5.56 Å². The van der Waals surface area contributed by atoms with Crippen LogP contribution in [0.3, 0.4) is 0 Å². The SMILES string of the molecule is CCOc1ccccc1C(=O)NCC(=O)O[C@@H](C)c1nnc(-c2ccc(F)cc2)o1. The molecule has 0 fully saturated rings. The minimum Gasteiger partial charge on any atom is -0.493 e. The zero-order chi connectivity index (χ0) is 21.5. The van der Waals surface area contributed by atoms with Crippen molar-refractivity contribution in [2.45, 2.75) is 20.0 Å². The molecule has 0 aliphatic heterocycles. The lowest BCUT2D eigenvalue weighted by atomic mass is 10.2. The van der Waals surface area contributed by atoms with Gasteiger partial charge in [-0.1, -0.05) is 12.1 Å². The van der Waals surface area contributed by atoms with E-state index >= 15 is 0 Å². The van der Waals surface area contributed by atoms with E-state index in [2.05, 4.69) is 15.5 Å². The van der Waals surface area contributed by atoms with Crippen molar-refractivity contribution in [3.05, 3.63) is 65.8 Å². The Balaban J connectivity index is 1.55. The highest BCUT2D eigenvalue weighted by Gasteiger charge is 2.20. The van der Waals surface area contributed by atoms with Gasteiger partial charge in [0.25, 0.3) is 11.8 Å². The van der Waals surface area contributed by atoms with Crippen LogP contribution in [0.4, 0.5) is 4.39 Å². The topological polar surface area (TPSA) is 104 Å². The minimum atomic E-state index is -0.827. The largest absolute Gasteiger partial charge is 0.493 e. The van der Waals surface area contributed by atoms with Crippen LogP contribution in [0.2, 0.25) is 0 Å². The number of aromatic nitrogens is 2. The number of nitrogens with one attached hydrogen (secondary N) is 1. The number of amides is 1. The predicted molar refractivity (Wildman–Crippen MR) is 104 cm³/mol. The van der Waals surface area contributed by atoms with E-state index in [-0.39, 0.29) is 24.1 Å². The molecule has 1 aromatic heterocycles. The number of hydrogen-bond acceptors (Lipinski definition) is 7. The van der Waals surface area contributed by atoms with Crippen molar-refractivity contribution in [1.82, 2.24) is 15.5 Å². The molecule has 3 rings (SSSR count). The Kier molecular flexibility index (Phi) is 6.74. The molecular weight excluding hydrogens is 393 g/mol. The lowest BCUT2D eigenvalue weighted by Crippen LogP contribution is -2.31. The first-order chi connectivity index (χ1) is 14.5. The normalized spacial score (nSPS) is 11.6. The third kappa shape index (κ3) is 5.19. The highest BCUT2D eigenvalue weighted by molar-refractivity contribution is 5.98. The average Bonchev–Trinajstić information content (AvgIpc) is 3.24. The first-order valence-electron chi connectivity index (χ1n) is 9.26. The van der Waals surface area contributed by atoms with Gasteiger partial charge < -0.3 is 19.2 Å². The van der Waals surface area contributed by atoms with Crippen LogP contribution in [0.1, 0.15) is 36.2 Å². The Hall–Kier alpha value is -3.75. The van der Waals surface area contributed by atoms with Crippen LogP contribution in [-0.4, -0.2) is 35.2 Å². The van der Waals surface area contributed by atoms with Gasteiger partial charge in [-0.25, -0.2) is 4.39 Å². The number of benzene rings is 2. The Morgan fingerprint density at radius 3 is 2.60 bits per heavy atom. The average molecular weight is 413 g/mol. The summed E-state index contributed by atoms with van der Waals surface area (Å²) in [6, 6.07) is 12.3. The van der Waals surface area contributed by atoms with Crippen molar-refractivity contribution in [3.8, 4) is 17.2 Å². The van der Waals surface area contributed by atoms with Crippen LogP contribution in [0.5, 0.6) is 5.75 Å². The van der Waals surface area contributed by atoms with Crippen molar-refractivity contribution in [2.75, 3.05) is 13.2 Å². The molecular formula is C21H20FN3O5. The summed E-state index contributed by atoms with van der Waals surface area (Å²) in [4.78, 5) is 24.4. The summed E-state index contributed by atoms with van der Waals surface area (Å²) in [5, 5.41) is 10.2. The van der Waals surface area contributed by atoms with Gasteiger partial charge in [0.05, 0.1) is 12.2 Å². The number of para-hydroxylation sites is 1. The Morgan fingerprint density at radius 1 is 1.13 bits per heavy atom. The van der Waals surface area contributed by atoms with E-state index in [0.717, 1.165) is 0 Å². The summed E-state index contributed by atoms with van der Waals surface area (Å²) in [7, 11) is 0. The monoisotopic (exact) mass is 413 g/mol. The van der Waals surface area contributed by atoms with Crippen molar-refractivity contribution in [3.63, 3.8) is 0 Å². The molecule has 30 heavy (non-hydrogen) atoms. The fraction of sp³-hybridized carbons (Fsp3) is 0.238. The summed E-state index contributed by atoms with van der Waals surface area (Å²) in [6.07, 6.45) is -0.827. The van der Waals surface area contributed by atoms with E-state index in [0.29, 0.717) is 23.5 Å². The van der Waals surface area contributed by atoms with E-state index in [1.807, 2.05) is 6.92 Å². The Bertz CT molecular complexity index is 1020. The smallest absolute Gasteiger partial charge is 0.326 e. The van der Waals surface area contributed by atoms with E-state index in [9.17, 15) is 14.0 Å². The van der Waals surface area contributed by atoms with Crippen LogP contribution in [0, 0.1) is 5.82 Å². The second kappa shape index (κ2) is 9.64. The number of esters is 1.